The predicted molar refractivity (Wildman–Crippen MR) is 144 cm³/mol. The van der Waals surface area contributed by atoms with Crippen LogP contribution in [0.5, 0.6) is 0 Å². The third kappa shape index (κ3) is 5.35. The average Bonchev–Trinajstić information content (AvgIpc) is 3.35. The normalized spacial score (nSPS) is 17.2. The van der Waals surface area contributed by atoms with E-state index in [0.29, 0.717) is 36.0 Å². The van der Waals surface area contributed by atoms with E-state index in [0.717, 1.165) is 28.7 Å². The van der Waals surface area contributed by atoms with Gasteiger partial charge in [0.1, 0.15) is 11.6 Å². The number of nitrogens with one attached hydrogen (secondary N) is 2. The fraction of sp³-hybridized carbons (Fsp3) is 0.375. The Hall–Kier alpha value is -3.00. The van der Waals surface area contributed by atoms with Crippen LogP contribution in [0.4, 0.5) is 17.5 Å². The average molecular weight is 588 g/mol. The van der Waals surface area contributed by atoms with Crippen molar-refractivity contribution in [2.45, 2.75) is 25.8 Å². The molecule has 194 valence electrons. The number of aromatic nitrogens is 4. The monoisotopic (exact) mass is 586 g/mol. The molecule has 0 saturated carbocycles. The van der Waals surface area contributed by atoms with Gasteiger partial charge in [-0.3, -0.25) is 19.2 Å². The zero-order valence-electron chi connectivity index (χ0n) is 20.5. The molecule has 5 rings (SSSR count). The van der Waals surface area contributed by atoms with Gasteiger partial charge in [0.2, 0.25) is 5.95 Å². The SMILES string of the molecule is Cc1c(Nc2nc(NC3CCN([S+]([O-])CCN4C(=O)c5ccccc5C4=O)CC3)ncc2Br)cnn1C. The Morgan fingerprint density at radius 1 is 1.14 bits per heavy atom. The molecule has 2 aliphatic heterocycles. The molecule has 1 atom stereocenters. The third-order valence-corrected chi connectivity index (χ3v) is 8.73. The number of halogens is 1. The van der Waals surface area contributed by atoms with E-state index in [1.807, 2.05) is 18.3 Å². The molecule has 0 spiro atoms. The van der Waals surface area contributed by atoms with Gasteiger partial charge in [-0.25, -0.2) is 4.98 Å². The maximum atomic E-state index is 12.9. The molecule has 2 aromatic heterocycles. The molecule has 1 fully saturated rings. The maximum Gasteiger partial charge on any atom is 0.261 e. The lowest BCUT2D eigenvalue weighted by molar-refractivity contribution is 0.0663. The van der Waals surface area contributed by atoms with Crippen LogP contribution < -0.4 is 10.6 Å². The lowest BCUT2D eigenvalue weighted by atomic mass is 10.1. The number of aryl methyl sites for hydroxylation is 1. The Bertz CT molecular complexity index is 1290. The highest BCUT2D eigenvalue weighted by Gasteiger charge is 2.36. The zero-order chi connectivity index (χ0) is 26.1. The Labute approximate surface area is 226 Å². The van der Waals surface area contributed by atoms with E-state index in [4.69, 9.17) is 0 Å². The Morgan fingerprint density at radius 3 is 2.43 bits per heavy atom. The molecule has 2 aliphatic rings. The highest BCUT2D eigenvalue weighted by molar-refractivity contribution is 9.10. The van der Waals surface area contributed by atoms with Crippen LogP contribution in [0, 0.1) is 6.92 Å². The largest absolute Gasteiger partial charge is 0.598 e. The Morgan fingerprint density at radius 2 is 1.81 bits per heavy atom. The van der Waals surface area contributed by atoms with Crippen LogP contribution in [0.1, 0.15) is 39.3 Å². The number of imide groups is 1. The molecule has 2 N–H and O–H groups in total. The van der Waals surface area contributed by atoms with Gasteiger partial charge in [-0.1, -0.05) is 12.1 Å². The highest BCUT2D eigenvalue weighted by atomic mass is 79.9. The minimum Gasteiger partial charge on any atom is -0.598 e. The van der Waals surface area contributed by atoms with Crippen LogP contribution in [-0.4, -0.2) is 76.7 Å². The summed E-state index contributed by atoms with van der Waals surface area (Å²) in [7, 11) is 1.88. The first kappa shape index (κ1) is 25.6. The summed E-state index contributed by atoms with van der Waals surface area (Å²) >= 11 is 2.21. The number of carbonyl (C=O) groups is 2. The minimum atomic E-state index is -1.28. The summed E-state index contributed by atoms with van der Waals surface area (Å²) < 4.78 is 17.3. The number of amides is 2. The first-order chi connectivity index (χ1) is 17.8. The molecule has 2 amide bonds. The van der Waals surface area contributed by atoms with Crippen molar-refractivity contribution in [3.8, 4) is 0 Å². The summed E-state index contributed by atoms with van der Waals surface area (Å²) in [4.78, 5) is 35.3. The molecule has 1 aromatic carbocycles. The molecule has 3 aromatic rings. The number of rotatable bonds is 8. The molecule has 0 radical (unpaired) electrons. The summed E-state index contributed by atoms with van der Waals surface area (Å²) in [6.07, 6.45) is 4.99. The van der Waals surface area contributed by atoms with Crippen LogP contribution in [0.3, 0.4) is 0 Å². The summed E-state index contributed by atoms with van der Waals surface area (Å²) in [6, 6.07) is 6.92. The van der Waals surface area contributed by atoms with Gasteiger partial charge in [-0.05, 0) is 47.8 Å². The summed E-state index contributed by atoms with van der Waals surface area (Å²) in [5.74, 6) is 0.741. The smallest absolute Gasteiger partial charge is 0.261 e. The molecule has 4 heterocycles. The number of hydrogen-bond acceptors (Lipinski definition) is 9. The number of hydrogen-bond donors (Lipinski definition) is 2. The molecule has 1 saturated heterocycles. The van der Waals surface area contributed by atoms with Gasteiger partial charge in [-0.2, -0.15) is 10.1 Å². The van der Waals surface area contributed by atoms with Crippen LogP contribution >= 0.6 is 15.9 Å². The van der Waals surface area contributed by atoms with E-state index in [-0.39, 0.29) is 30.2 Å². The molecular weight excluding hydrogens is 560 g/mol. The van der Waals surface area contributed by atoms with Crippen molar-refractivity contribution < 1.29 is 14.1 Å². The van der Waals surface area contributed by atoms with E-state index in [1.54, 1.807) is 41.3 Å². The molecule has 1 unspecified atom stereocenters. The molecule has 37 heavy (non-hydrogen) atoms. The quantitative estimate of drug-likeness (QED) is 0.302. The standard InChI is InChI=1S/C24H27BrN8O3S/c1-15-20(14-27-31(15)2)29-21-19(25)13-26-24(30-21)28-16-7-9-32(10-8-16)37(36)12-11-33-22(34)17-5-3-4-6-18(17)23(33)35/h3-6,13-14,16H,7-12H2,1-2H3,(H2,26,28,29,30). The van der Waals surface area contributed by atoms with Crippen molar-refractivity contribution >= 4 is 56.6 Å². The van der Waals surface area contributed by atoms with Gasteiger partial charge in [0.25, 0.3) is 11.8 Å². The fourth-order valence-corrected chi connectivity index (χ4v) is 5.91. The van der Waals surface area contributed by atoms with Crippen molar-refractivity contribution in [1.29, 1.82) is 0 Å². The lowest BCUT2D eigenvalue weighted by Crippen LogP contribution is -2.45. The lowest BCUT2D eigenvalue weighted by Gasteiger charge is -2.32. The van der Waals surface area contributed by atoms with Crippen molar-refractivity contribution in [2.24, 2.45) is 7.05 Å². The van der Waals surface area contributed by atoms with Crippen molar-refractivity contribution in [2.75, 3.05) is 36.0 Å². The number of anilines is 3. The van der Waals surface area contributed by atoms with Crippen LogP contribution in [0.2, 0.25) is 0 Å². The minimum absolute atomic E-state index is 0.135. The fourth-order valence-electron chi connectivity index (χ4n) is 4.40. The van der Waals surface area contributed by atoms with Crippen LogP contribution in [0.15, 0.2) is 41.1 Å². The molecule has 11 nitrogen and oxygen atoms in total. The zero-order valence-corrected chi connectivity index (χ0v) is 22.9. The first-order valence-electron chi connectivity index (χ1n) is 11.9. The number of benzene rings is 1. The number of carbonyl (C=O) groups excluding carboxylic acids is 2. The van der Waals surface area contributed by atoms with Gasteiger partial charge in [0, 0.05) is 43.7 Å². The molecule has 0 aliphatic carbocycles. The number of piperidine rings is 1. The Kier molecular flexibility index (Phi) is 7.47. The van der Waals surface area contributed by atoms with E-state index in [9.17, 15) is 14.1 Å². The van der Waals surface area contributed by atoms with Crippen LogP contribution in [0.25, 0.3) is 0 Å². The van der Waals surface area contributed by atoms with E-state index < -0.39 is 11.4 Å². The highest BCUT2D eigenvalue weighted by Crippen LogP contribution is 2.27. The maximum absolute atomic E-state index is 12.9. The second-order valence-electron chi connectivity index (χ2n) is 8.96. The summed E-state index contributed by atoms with van der Waals surface area (Å²) in [6.45, 7) is 3.36. The Balaban J connectivity index is 1.12. The summed E-state index contributed by atoms with van der Waals surface area (Å²) in [5.41, 5.74) is 2.68. The molecular formula is C24H27BrN8O3S. The summed E-state index contributed by atoms with van der Waals surface area (Å²) in [5, 5.41) is 10.9. The molecule has 13 heteroatoms. The first-order valence-corrected chi connectivity index (χ1v) is 14.0. The van der Waals surface area contributed by atoms with Gasteiger partial charge < -0.3 is 15.2 Å². The molecule has 0 bridgehead atoms. The third-order valence-electron chi connectivity index (χ3n) is 6.68. The topological polar surface area (TPSA) is 131 Å². The van der Waals surface area contributed by atoms with Gasteiger partial charge in [0.05, 0.1) is 39.7 Å². The van der Waals surface area contributed by atoms with Gasteiger partial charge >= 0.3 is 0 Å². The number of fused-ring (bicyclic) bond motifs is 1. The van der Waals surface area contributed by atoms with E-state index >= 15 is 0 Å². The van der Waals surface area contributed by atoms with Crippen molar-refractivity contribution in [3.63, 3.8) is 0 Å². The predicted octanol–water partition coefficient (Wildman–Crippen LogP) is 2.86. The van der Waals surface area contributed by atoms with E-state index in [2.05, 4.69) is 41.6 Å². The van der Waals surface area contributed by atoms with Crippen molar-refractivity contribution in [1.82, 2.24) is 29.0 Å². The van der Waals surface area contributed by atoms with Gasteiger partial charge in [0.15, 0.2) is 0 Å². The number of nitrogens with zero attached hydrogens (tertiary/aromatic N) is 6. The van der Waals surface area contributed by atoms with Gasteiger partial charge in [-0.15, -0.1) is 4.31 Å². The van der Waals surface area contributed by atoms with Crippen molar-refractivity contribution in [3.05, 3.63) is 58.0 Å². The van der Waals surface area contributed by atoms with E-state index in [1.165, 1.54) is 4.90 Å². The van der Waals surface area contributed by atoms with Crippen LogP contribution in [-0.2, 0) is 18.4 Å². The second kappa shape index (κ2) is 10.8. The second-order valence-corrected chi connectivity index (χ2v) is 11.4.